The van der Waals surface area contributed by atoms with Crippen LogP contribution in [-0.2, 0) is 43.0 Å². The van der Waals surface area contributed by atoms with E-state index in [0.717, 1.165) is 11.8 Å². The van der Waals surface area contributed by atoms with Gasteiger partial charge in [-0.2, -0.15) is 0 Å². The highest BCUT2D eigenvalue weighted by Crippen LogP contribution is 2.27. The molecule has 23 nitrogen and oxygen atoms in total. The Hall–Kier alpha value is -4.84. The number of nitrogens with zero attached hydrogens (tertiary/aromatic N) is 2. The minimum absolute atomic E-state index is 0.0385. The molecule has 23 heteroatoms. The lowest BCUT2D eigenvalue weighted by atomic mass is 9.94. The summed E-state index contributed by atoms with van der Waals surface area (Å²) in [4.78, 5) is 91.2. The van der Waals surface area contributed by atoms with E-state index < -0.39 is 122 Å². The Morgan fingerprint density at radius 3 is 2.38 bits per heavy atom. The number of nitrogens with one attached hydrogen (secondary N) is 6. The summed E-state index contributed by atoms with van der Waals surface area (Å²) in [7, 11) is 2.83. The number of guanidine groups is 1. The lowest BCUT2D eigenvalue weighted by Gasteiger charge is -2.47. The number of hydrogen-bond donors (Lipinski definition) is 11. The molecule has 3 rings (SSSR count). The van der Waals surface area contributed by atoms with E-state index in [0.29, 0.717) is 0 Å². The van der Waals surface area contributed by atoms with Crippen LogP contribution in [0.4, 0.5) is 4.79 Å². The maximum atomic E-state index is 12.9. The Morgan fingerprint density at radius 2 is 1.80 bits per heavy atom. The van der Waals surface area contributed by atoms with Crippen LogP contribution in [-0.4, -0.2) is 174 Å². The molecule has 3 heterocycles. The molecule has 0 unspecified atom stereocenters. The Balaban J connectivity index is 1.80. The van der Waals surface area contributed by atoms with E-state index >= 15 is 0 Å². The minimum Gasteiger partial charge on any atom is -0.480 e. The number of rotatable bonds is 14. The number of carboxylic acid groups (broad SMARTS) is 1. The Labute approximate surface area is 284 Å². The number of hydrogen-bond acceptors (Lipinski definition) is 17. The van der Waals surface area contributed by atoms with Gasteiger partial charge in [-0.1, -0.05) is 0 Å². The number of aliphatic carboxylic acids is 1. The number of piperidine rings is 1. The first-order chi connectivity index (χ1) is 23.5. The van der Waals surface area contributed by atoms with Crippen LogP contribution in [0.15, 0.2) is 4.99 Å². The predicted octanol–water partition coefficient (Wildman–Crippen LogP) is -7.40. The van der Waals surface area contributed by atoms with Crippen LogP contribution >= 0.6 is 0 Å². The Kier molecular flexibility index (Phi) is 13.6. The van der Waals surface area contributed by atoms with Crippen LogP contribution in [0.25, 0.3) is 0 Å². The van der Waals surface area contributed by atoms with Crippen LogP contribution in [0.3, 0.4) is 0 Å². The van der Waals surface area contributed by atoms with Crippen molar-refractivity contribution in [3.8, 4) is 0 Å². The van der Waals surface area contributed by atoms with Gasteiger partial charge in [-0.15, -0.1) is 0 Å². The van der Waals surface area contributed by atoms with Gasteiger partial charge in [0.05, 0.1) is 25.3 Å². The molecular weight excluding hydrogens is 674 g/mol. The molecule has 2 fully saturated rings. The van der Waals surface area contributed by atoms with Crippen molar-refractivity contribution >= 4 is 47.6 Å². The summed E-state index contributed by atoms with van der Waals surface area (Å²) in [5, 5.41) is 55.7. The zero-order valence-corrected chi connectivity index (χ0v) is 27.5. The fourth-order valence-electron chi connectivity index (χ4n) is 5.28. The predicted molar refractivity (Wildman–Crippen MR) is 164 cm³/mol. The highest BCUT2D eigenvalue weighted by atomic mass is 16.6. The number of esters is 1. The fourth-order valence-corrected chi connectivity index (χ4v) is 5.28. The van der Waals surface area contributed by atoms with Gasteiger partial charge < -0.3 is 77.2 Å². The molecular formula is C27H43N9O14. The van der Waals surface area contributed by atoms with Gasteiger partial charge in [-0.05, 0) is 20.9 Å². The number of carboxylic acids is 1. The van der Waals surface area contributed by atoms with E-state index in [1.165, 1.54) is 21.0 Å². The van der Waals surface area contributed by atoms with Crippen molar-refractivity contribution in [2.45, 2.75) is 74.7 Å². The van der Waals surface area contributed by atoms with Crippen molar-refractivity contribution in [1.82, 2.24) is 36.8 Å². The molecule has 0 bridgehead atoms. The third-order valence-electron chi connectivity index (χ3n) is 8.15. The summed E-state index contributed by atoms with van der Waals surface area (Å²) >= 11 is 0. The monoisotopic (exact) mass is 717 g/mol. The second-order valence-corrected chi connectivity index (χ2v) is 11.7. The van der Waals surface area contributed by atoms with Crippen molar-refractivity contribution in [1.29, 1.82) is 0 Å². The first-order valence-corrected chi connectivity index (χ1v) is 15.4. The lowest BCUT2D eigenvalue weighted by Crippen LogP contribution is -2.70. The minimum atomic E-state index is -1.76. The van der Waals surface area contributed by atoms with Crippen molar-refractivity contribution in [3.05, 3.63) is 0 Å². The molecule has 0 spiro atoms. The molecule has 11 atom stereocenters. The number of aliphatic imine (C=N–C) groups is 1. The number of fused-ring (bicyclic) bond motifs is 1. The highest BCUT2D eigenvalue weighted by Gasteiger charge is 2.52. The number of aliphatic hydroxyl groups excluding tert-OH is 3. The average molecular weight is 718 g/mol. The maximum Gasteiger partial charge on any atom is 0.404 e. The summed E-state index contributed by atoms with van der Waals surface area (Å²) in [6, 6.07) is -6.23. The summed E-state index contributed by atoms with van der Waals surface area (Å²) in [6.07, 6.45) is -8.72. The second-order valence-electron chi connectivity index (χ2n) is 11.7. The van der Waals surface area contributed by atoms with Crippen LogP contribution < -0.4 is 37.6 Å². The third-order valence-corrected chi connectivity index (χ3v) is 8.15. The fraction of sp³-hybridized carbons (Fsp3) is 0.704. The van der Waals surface area contributed by atoms with Crippen molar-refractivity contribution in [2.24, 2.45) is 16.6 Å². The number of aliphatic hydroxyl groups is 3. The number of nitrogens with two attached hydrogens (primary N) is 1. The molecule has 2 saturated heterocycles. The van der Waals surface area contributed by atoms with Gasteiger partial charge in [0.2, 0.25) is 23.6 Å². The largest absolute Gasteiger partial charge is 0.480 e. The van der Waals surface area contributed by atoms with E-state index in [1.807, 2.05) is 0 Å². The van der Waals surface area contributed by atoms with Crippen molar-refractivity contribution < 1.29 is 68.2 Å². The standard InChI is InChI=1S/C27H43N9O14/c1-9(20(41)31-10(2)24(44)45)21(42)32-11(7-37)25(46)48-8-13-19(50-26(28)47)18(40)17(36(4)14(39)6-29-3)23(49-13)35-27-33-15-12(38)5-30-22(43)16(15)34-27/h9-13,15-19,23,29,37-38,40H,5-8H2,1-4H3,(H2,28,47)(H,30,43)(H,31,41)(H,32,42)(H,44,45)(H2,33,34,35)/t9-,10-,11-,12+,13+,15+,16-,17+,18+,19-,23+/m0/s1. The zero-order chi connectivity index (χ0) is 37.4. The van der Waals surface area contributed by atoms with Crippen molar-refractivity contribution in [3.63, 3.8) is 0 Å². The number of carbonyl (C=O) groups excluding carboxylic acids is 6. The quantitative estimate of drug-likeness (QED) is 0.0587. The summed E-state index contributed by atoms with van der Waals surface area (Å²) in [5.74, 6) is -7.18. The molecule has 0 saturated carbocycles. The smallest absolute Gasteiger partial charge is 0.404 e. The van der Waals surface area contributed by atoms with E-state index in [1.54, 1.807) is 0 Å². The summed E-state index contributed by atoms with van der Waals surface area (Å²) < 4.78 is 16.4. The number of β-amino-alcohol motifs (C(OH)–C–C–N with tert-alkyl or cyclic N) is 1. The Morgan fingerprint density at radius 1 is 1.14 bits per heavy atom. The maximum absolute atomic E-state index is 12.9. The van der Waals surface area contributed by atoms with Crippen LogP contribution in [0.1, 0.15) is 13.8 Å². The van der Waals surface area contributed by atoms with Gasteiger partial charge >= 0.3 is 18.0 Å². The number of likely N-dealkylation sites (N-methyl/N-ethyl adjacent to an activating group) is 2. The van der Waals surface area contributed by atoms with Gasteiger partial charge in [-0.25, -0.2) is 14.6 Å². The Bertz CT molecular complexity index is 1350. The first-order valence-electron chi connectivity index (χ1n) is 15.4. The first kappa shape index (κ1) is 39.6. The number of amides is 5. The molecule has 0 aromatic rings. The van der Waals surface area contributed by atoms with Crippen LogP contribution in [0.2, 0.25) is 0 Å². The van der Waals surface area contributed by atoms with E-state index in [2.05, 4.69) is 36.9 Å². The molecule has 50 heavy (non-hydrogen) atoms. The van der Waals surface area contributed by atoms with Gasteiger partial charge in [0.15, 0.2) is 30.4 Å². The molecule has 0 aromatic heterocycles. The normalized spacial score (nSPS) is 28.9. The average Bonchev–Trinajstić information content (AvgIpc) is 3.49. The molecule has 3 aliphatic heterocycles. The molecule has 0 radical (unpaired) electrons. The lowest BCUT2D eigenvalue weighted by molar-refractivity contribution is -0.219. The third kappa shape index (κ3) is 9.44. The SMILES string of the molecule is CNCC(=O)N(C)[C@@H]1[C@@H](O)[C@@H](OC(N)=O)[C@@H](COC(=O)[C@H](CO)NC(=O)[C@@H](C)C(=O)N[C@@H](C)C(=O)O)O[C@H]1NC1=N[C@@H]2C(=O)NC[C@@H](O)[C@H]2N1. The van der Waals surface area contributed by atoms with Gasteiger partial charge in [0.1, 0.15) is 36.8 Å². The van der Waals surface area contributed by atoms with Crippen LogP contribution in [0, 0.1) is 5.92 Å². The second kappa shape index (κ2) is 17.2. The van der Waals surface area contributed by atoms with Crippen LogP contribution in [0.5, 0.6) is 0 Å². The summed E-state index contributed by atoms with van der Waals surface area (Å²) in [6.45, 7) is 0.289. The van der Waals surface area contributed by atoms with Gasteiger partial charge in [0, 0.05) is 13.6 Å². The molecule has 280 valence electrons. The highest BCUT2D eigenvalue weighted by molar-refractivity contribution is 6.02. The zero-order valence-electron chi connectivity index (χ0n) is 27.5. The van der Waals surface area contributed by atoms with E-state index in [9.17, 15) is 48.9 Å². The van der Waals surface area contributed by atoms with Gasteiger partial charge in [0.25, 0.3) is 0 Å². The van der Waals surface area contributed by atoms with Crippen molar-refractivity contribution in [2.75, 3.05) is 40.4 Å². The van der Waals surface area contributed by atoms with Gasteiger partial charge in [-0.3, -0.25) is 24.0 Å². The molecule has 5 amide bonds. The molecule has 3 aliphatic rings. The molecule has 0 aromatic carbocycles. The topological polar surface area (TPSA) is 342 Å². The summed E-state index contributed by atoms with van der Waals surface area (Å²) in [5.41, 5.74) is 5.24. The molecule has 0 aliphatic carbocycles. The number of ether oxygens (including phenoxy) is 3. The number of primary amides is 1. The van der Waals surface area contributed by atoms with E-state index in [4.69, 9.17) is 25.1 Å². The molecule has 12 N–H and O–H groups in total. The number of carbonyl (C=O) groups is 7. The van der Waals surface area contributed by atoms with E-state index in [-0.39, 0.29) is 19.0 Å².